The van der Waals surface area contributed by atoms with E-state index in [0.717, 1.165) is 0 Å². The van der Waals surface area contributed by atoms with Crippen LogP contribution in [0.2, 0.25) is 0 Å². The van der Waals surface area contributed by atoms with Crippen LogP contribution in [0.25, 0.3) is 0 Å². The molecule has 0 aromatic carbocycles. The number of likely N-dealkylation sites (N-methyl/N-ethyl adjacent to an activating group) is 2. The second kappa shape index (κ2) is 14.6. The Bertz CT molecular complexity index is 888. The molecule has 1 N–H and O–H groups in total. The summed E-state index contributed by atoms with van der Waals surface area (Å²) in [5.41, 5.74) is 2.59. The van der Waals surface area contributed by atoms with Gasteiger partial charge in [-0.1, -0.05) is 25.1 Å². The first-order valence-electron chi connectivity index (χ1n) is 11.7. The van der Waals surface area contributed by atoms with Crippen molar-refractivity contribution in [1.29, 1.82) is 0 Å². The zero-order valence-corrected chi connectivity index (χ0v) is 24.0. The van der Waals surface area contributed by atoms with Gasteiger partial charge in [0, 0.05) is 32.0 Å². The third-order valence-corrected chi connectivity index (χ3v) is 7.01. The highest BCUT2D eigenvalue weighted by Crippen LogP contribution is 2.47. The molecule has 0 aromatic heterocycles. The van der Waals surface area contributed by atoms with Crippen molar-refractivity contribution in [3.8, 4) is 0 Å². The molecule has 0 radical (unpaired) electrons. The van der Waals surface area contributed by atoms with E-state index in [2.05, 4.69) is 29.5 Å². The van der Waals surface area contributed by atoms with Gasteiger partial charge in [0.1, 0.15) is 23.9 Å². The van der Waals surface area contributed by atoms with E-state index in [9.17, 15) is 19.2 Å². The smallest absolute Gasteiger partial charge is 0.431 e. The minimum absolute atomic E-state index is 0.161. The lowest BCUT2D eigenvalue weighted by molar-refractivity contribution is -0.162. The number of ether oxygens (including phenoxy) is 3. The summed E-state index contributed by atoms with van der Waals surface area (Å²) in [7, 11) is 4.30. The summed E-state index contributed by atoms with van der Waals surface area (Å²) < 4.78 is 17.0. The highest BCUT2D eigenvalue weighted by atomic mass is 35.5. The van der Waals surface area contributed by atoms with E-state index in [1.807, 2.05) is 6.92 Å². The molecule has 0 saturated carbocycles. The van der Waals surface area contributed by atoms with Gasteiger partial charge in [0.25, 0.3) is 0 Å². The van der Waals surface area contributed by atoms with Gasteiger partial charge in [-0.15, -0.1) is 0 Å². The molecule has 0 aromatic rings. The molecule has 6 atom stereocenters. The van der Waals surface area contributed by atoms with Crippen LogP contribution in [0.15, 0.2) is 23.9 Å². The summed E-state index contributed by atoms with van der Waals surface area (Å²) in [6, 6.07) is -0.910. The van der Waals surface area contributed by atoms with Crippen LogP contribution in [0.5, 0.6) is 0 Å². The van der Waals surface area contributed by atoms with Gasteiger partial charge in [-0.05, 0) is 32.6 Å². The van der Waals surface area contributed by atoms with Crippen molar-refractivity contribution in [2.24, 2.45) is 5.92 Å². The van der Waals surface area contributed by atoms with Gasteiger partial charge in [0.05, 0.1) is 25.3 Å². The third kappa shape index (κ3) is 8.62. The average Bonchev–Trinajstić information content (AvgIpc) is 3.55. The molecule has 0 unspecified atom stereocenters. The SMILES string of the molecule is C=C/C(=C/Cl)N(C)C(=O)C[C@H](OC(=O)[C@H](C)N(C)C(=O)CCS)[C@]1(C)O[C@H]1[C@H](C)[C@H](C)OC(=O)NOC. The molecule has 3 amide bonds. The second-order valence-electron chi connectivity index (χ2n) is 8.97. The predicted molar refractivity (Wildman–Crippen MR) is 141 cm³/mol. The molecule has 0 spiro atoms. The molecule has 11 nitrogen and oxygen atoms in total. The number of esters is 1. The van der Waals surface area contributed by atoms with Gasteiger partial charge in [-0.25, -0.2) is 9.59 Å². The van der Waals surface area contributed by atoms with Crippen molar-refractivity contribution in [2.75, 3.05) is 27.0 Å². The number of thiol groups is 1. The normalized spacial score (nSPS) is 22.1. The zero-order chi connectivity index (χ0) is 28.5. The van der Waals surface area contributed by atoms with E-state index in [0.29, 0.717) is 11.4 Å². The zero-order valence-electron chi connectivity index (χ0n) is 22.4. The fourth-order valence-electron chi connectivity index (χ4n) is 3.70. The standard InChI is InChI=1S/C24H38ClN3O8S/c1-9-17(13-25)28(7)20(30)12-18(35-22(31)15(3)27(6)19(29)10-11-37)24(5)21(36-24)14(2)16(4)34-23(32)26-33-8/h9,13-16,18,21,37H,1,10-12H2,2-8H3,(H,26,32)/b17-13-/t14-,15+,16+,18+,21+,24+/m1/s1. The number of amides is 3. The predicted octanol–water partition coefficient (Wildman–Crippen LogP) is 2.65. The summed E-state index contributed by atoms with van der Waals surface area (Å²) in [4.78, 5) is 57.2. The van der Waals surface area contributed by atoms with Crippen LogP contribution in [0.1, 0.15) is 40.5 Å². The van der Waals surface area contributed by atoms with Crippen LogP contribution >= 0.6 is 24.2 Å². The van der Waals surface area contributed by atoms with Gasteiger partial charge in [-0.3, -0.25) is 14.4 Å². The molecule has 1 rings (SSSR count). The van der Waals surface area contributed by atoms with Crippen molar-refractivity contribution in [2.45, 2.75) is 70.5 Å². The second-order valence-corrected chi connectivity index (χ2v) is 9.64. The number of hydroxylamine groups is 1. The highest BCUT2D eigenvalue weighted by Gasteiger charge is 2.63. The topological polar surface area (TPSA) is 127 Å². The number of halogens is 1. The Labute approximate surface area is 228 Å². The maximum atomic E-state index is 13.1. The molecule has 1 fully saturated rings. The van der Waals surface area contributed by atoms with Crippen molar-refractivity contribution in [1.82, 2.24) is 15.3 Å². The van der Waals surface area contributed by atoms with E-state index >= 15 is 0 Å². The van der Waals surface area contributed by atoms with Crippen LogP contribution in [0.4, 0.5) is 4.79 Å². The van der Waals surface area contributed by atoms with Crippen LogP contribution in [0, 0.1) is 5.92 Å². The molecular formula is C24H38ClN3O8S. The monoisotopic (exact) mass is 563 g/mol. The number of nitrogens with one attached hydrogen (secondary N) is 1. The van der Waals surface area contributed by atoms with Gasteiger partial charge in [0.15, 0.2) is 0 Å². The summed E-state index contributed by atoms with van der Waals surface area (Å²) in [5.74, 6) is -1.36. The highest BCUT2D eigenvalue weighted by molar-refractivity contribution is 7.80. The number of allylic oxidation sites excluding steroid dienone is 1. The van der Waals surface area contributed by atoms with Crippen molar-refractivity contribution >= 4 is 48.1 Å². The number of hydrogen-bond donors (Lipinski definition) is 2. The molecule has 1 saturated heterocycles. The Kier molecular flexibility index (Phi) is 12.9. The average molecular weight is 564 g/mol. The molecule has 210 valence electrons. The van der Waals surface area contributed by atoms with Crippen molar-refractivity contribution in [3.05, 3.63) is 23.9 Å². The first-order valence-corrected chi connectivity index (χ1v) is 12.8. The fourth-order valence-corrected chi connectivity index (χ4v) is 4.12. The van der Waals surface area contributed by atoms with E-state index in [-0.39, 0.29) is 24.7 Å². The molecule has 0 bridgehead atoms. The van der Waals surface area contributed by atoms with Gasteiger partial charge in [-0.2, -0.15) is 18.1 Å². The lowest BCUT2D eigenvalue weighted by Crippen LogP contribution is -2.46. The van der Waals surface area contributed by atoms with E-state index in [4.69, 9.17) is 25.8 Å². The minimum Gasteiger partial charge on any atom is -0.457 e. The number of carbonyl (C=O) groups excluding carboxylic acids is 4. The quantitative estimate of drug-likeness (QED) is 0.109. The molecule has 13 heteroatoms. The van der Waals surface area contributed by atoms with Crippen LogP contribution in [-0.2, 0) is 33.4 Å². The molecule has 0 aliphatic carbocycles. The number of nitrogens with zero attached hydrogens (tertiary/aromatic N) is 2. The third-order valence-electron chi connectivity index (χ3n) is 6.57. The van der Waals surface area contributed by atoms with Crippen LogP contribution < -0.4 is 5.48 Å². The van der Waals surface area contributed by atoms with Gasteiger partial charge in [0.2, 0.25) is 11.8 Å². The maximum Gasteiger partial charge on any atom is 0.431 e. The van der Waals surface area contributed by atoms with Gasteiger partial charge < -0.3 is 24.0 Å². The fraction of sp³-hybridized carbons (Fsp3) is 0.667. The number of rotatable bonds is 14. The van der Waals surface area contributed by atoms with Crippen LogP contribution in [0.3, 0.4) is 0 Å². The van der Waals surface area contributed by atoms with E-state index in [1.165, 1.54) is 49.5 Å². The van der Waals surface area contributed by atoms with Gasteiger partial charge >= 0.3 is 12.1 Å². The lowest BCUT2D eigenvalue weighted by atomic mass is 9.88. The lowest BCUT2D eigenvalue weighted by Gasteiger charge is -2.29. The van der Waals surface area contributed by atoms with E-state index < -0.39 is 47.9 Å². The molecule has 1 aliphatic heterocycles. The largest absolute Gasteiger partial charge is 0.457 e. The van der Waals surface area contributed by atoms with Crippen LogP contribution in [-0.4, -0.2) is 90.6 Å². The number of hydrogen-bond acceptors (Lipinski definition) is 9. The first kappa shape index (κ1) is 32.7. The Morgan fingerprint density at radius 2 is 1.81 bits per heavy atom. The Balaban J connectivity index is 3.13. The van der Waals surface area contributed by atoms with Crippen molar-refractivity contribution in [3.63, 3.8) is 0 Å². The summed E-state index contributed by atoms with van der Waals surface area (Å²) in [6.45, 7) is 10.4. The molecule has 1 heterocycles. The molecular weight excluding hydrogens is 526 g/mol. The Morgan fingerprint density at radius 3 is 2.32 bits per heavy atom. The Hall–Kier alpha value is -2.28. The number of epoxide rings is 1. The molecule has 37 heavy (non-hydrogen) atoms. The summed E-state index contributed by atoms with van der Waals surface area (Å²) in [5, 5.41) is 0. The minimum atomic E-state index is -1.06. The summed E-state index contributed by atoms with van der Waals surface area (Å²) >= 11 is 9.85. The Morgan fingerprint density at radius 1 is 1.19 bits per heavy atom. The van der Waals surface area contributed by atoms with Crippen molar-refractivity contribution < 1.29 is 38.2 Å². The first-order chi connectivity index (χ1) is 17.3. The maximum absolute atomic E-state index is 13.1. The number of carbonyl (C=O) groups is 4. The molecule has 1 aliphatic rings. The summed E-state index contributed by atoms with van der Waals surface area (Å²) in [6.07, 6.45) is -1.53. The van der Waals surface area contributed by atoms with E-state index in [1.54, 1.807) is 13.8 Å².